The van der Waals surface area contributed by atoms with E-state index in [9.17, 15) is 4.79 Å². The van der Waals surface area contributed by atoms with Gasteiger partial charge in [0.05, 0.1) is 6.61 Å². The first-order chi connectivity index (χ1) is 3.15. The molecule has 0 bridgehead atoms. The van der Waals surface area contributed by atoms with E-state index in [1.54, 1.807) is 6.92 Å². The molecule has 0 aromatic carbocycles. The summed E-state index contributed by atoms with van der Waals surface area (Å²) in [6.45, 7) is 2.15. The van der Waals surface area contributed by atoms with Crippen LogP contribution in [0.5, 0.6) is 0 Å². The highest BCUT2D eigenvalue weighted by atomic mass is 35.5. The highest BCUT2D eigenvalue weighted by Crippen LogP contribution is 2.27. The third-order valence-corrected chi connectivity index (χ3v) is 1.39. The summed E-state index contributed by atoms with van der Waals surface area (Å²) >= 11 is 5.05. The van der Waals surface area contributed by atoms with Crippen LogP contribution in [-0.2, 0) is 9.53 Å². The Morgan fingerprint density at radius 2 is 2.43 bits per heavy atom. The minimum absolute atomic E-state index is 0.396. The van der Waals surface area contributed by atoms with Gasteiger partial charge in [-0.25, -0.2) is 0 Å². The molecule has 1 aliphatic heterocycles. The van der Waals surface area contributed by atoms with Gasteiger partial charge in [-0.15, -0.1) is 0 Å². The Morgan fingerprint density at radius 1 is 2.00 bits per heavy atom. The van der Waals surface area contributed by atoms with E-state index >= 15 is 0 Å². The van der Waals surface area contributed by atoms with Crippen molar-refractivity contribution in [2.24, 2.45) is 0 Å². The maximum atomic E-state index is 10.2. The van der Waals surface area contributed by atoms with Crippen molar-refractivity contribution < 1.29 is 9.53 Å². The number of hydrogen-bond donors (Lipinski definition) is 0. The lowest BCUT2D eigenvalue weighted by Gasteiger charge is -1.89. The highest BCUT2D eigenvalue weighted by molar-refractivity contribution is 6.65. The molecule has 7 heavy (non-hydrogen) atoms. The van der Waals surface area contributed by atoms with E-state index in [2.05, 4.69) is 4.74 Å². The maximum absolute atomic E-state index is 10.2. The van der Waals surface area contributed by atoms with Gasteiger partial charge >= 0.3 is 0 Å². The number of carbonyl (C=O) groups excluding carboxylic acids is 1. The van der Waals surface area contributed by atoms with Crippen LogP contribution in [0.15, 0.2) is 0 Å². The fraction of sp³-hybridized carbons (Fsp3) is 0.750. The van der Waals surface area contributed by atoms with E-state index < -0.39 is 10.8 Å². The molecule has 1 unspecified atom stereocenters. The molecule has 1 heterocycles. The van der Waals surface area contributed by atoms with Crippen LogP contribution in [0.2, 0.25) is 0 Å². The first-order valence-corrected chi connectivity index (χ1v) is 2.37. The largest absolute Gasteiger partial charge is 0.360 e. The lowest BCUT2D eigenvalue weighted by Crippen LogP contribution is -2.12. The third kappa shape index (κ3) is 0.763. The first kappa shape index (κ1) is 5.06. The molecule has 2 nitrogen and oxygen atoms in total. The van der Waals surface area contributed by atoms with Gasteiger partial charge in [0, 0.05) is 0 Å². The predicted octanol–water partition coefficient (Wildman–Crippen LogP) is 0.541. The standard InChI is InChI=1S/C4H5ClO2/c1-4(2-7-4)3(5)6/h2H2,1H3. The third-order valence-electron chi connectivity index (χ3n) is 0.993. The minimum Gasteiger partial charge on any atom is -0.360 e. The quantitative estimate of drug-likeness (QED) is 0.374. The number of halogens is 1. The summed E-state index contributed by atoms with van der Waals surface area (Å²) in [4.78, 5) is 10.2. The van der Waals surface area contributed by atoms with Crippen molar-refractivity contribution in [1.82, 2.24) is 0 Å². The molecule has 40 valence electrons. The zero-order valence-corrected chi connectivity index (χ0v) is 4.66. The second kappa shape index (κ2) is 1.20. The van der Waals surface area contributed by atoms with E-state index in [-0.39, 0.29) is 0 Å². The van der Waals surface area contributed by atoms with Gasteiger partial charge in [-0.3, -0.25) is 4.79 Å². The number of ether oxygens (including phenoxy) is 1. The second-order valence-corrected chi connectivity index (χ2v) is 2.14. The van der Waals surface area contributed by atoms with E-state index in [1.807, 2.05) is 0 Å². The van der Waals surface area contributed by atoms with Crippen LogP contribution in [0.3, 0.4) is 0 Å². The molecule has 0 aromatic heterocycles. The number of hydrogen-bond acceptors (Lipinski definition) is 2. The zero-order valence-electron chi connectivity index (χ0n) is 3.90. The average molecular weight is 121 g/mol. The molecular weight excluding hydrogens is 115 g/mol. The van der Waals surface area contributed by atoms with Crippen LogP contribution in [0.4, 0.5) is 0 Å². The molecule has 0 N–H and O–H groups in total. The van der Waals surface area contributed by atoms with Gasteiger partial charge < -0.3 is 4.74 Å². The predicted molar refractivity (Wildman–Crippen MR) is 25.2 cm³/mol. The summed E-state index contributed by atoms with van der Waals surface area (Å²) in [7, 11) is 0. The van der Waals surface area contributed by atoms with Crippen LogP contribution in [0.1, 0.15) is 6.92 Å². The molecule has 0 aromatic rings. The van der Waals surface area contributed by atoms with Gasteiger partial charge in [0.1, 0.15) is 0 Å². The van der Waals surface area contributed by atoms with Gasteiger partial charge in [0.15, 0.2) is 5.60 Å². The van der Waals surface area contributed by atoms with Crippen molar-refractivity contribution in [2.75, 3.05) is 6.61 Å². The molecule has 3 heteroatoms. The minimum atomic E-state index is -0.623. The monoisotopic (exact) mass is 120 g/mol. The fourth-order valence-corrected chi connectivity index (χ4v) is 0.331. The summed E-state index contributed by atoms with van der Waals surface area (Å²) < 4.78 is 4.68. The van der Waals surface area contributed by atoms with Gasteiger partial charge in [-0.2, -0.15) is 0 Å². The van der Waals surface area contributed by atoms with E-state index in [0.717, 1.165) is 0 Å². The van der Waals surface area contributed by atoms with Crippen LogP contribution in [0.25, 0.3) is 0 Å². The Labute approximate surface area is 46.4 Å². The lowest BCUT2D eigenvalue weighted by molar-refractivity contribution is -0.115. The Bertz CT molecular complexity index is 106. The van der Waals surface area contributed by atoms with Crippen molar-refractivity contribution in [3.63, 3.8) is 0 Å². The Balaban J connectivity index is 2.55. The second-order valence-electron chi connectivity index (χ2n) is 1.79. The molecule has 1 rings (SSSR count). The van der Waals surface area contributed by atoms with Crippen LogP contribution in [0, 0.1) is 0 Å². The molecule has 1 saturated heterocycles. The normalized spacial score (nSPS) is 38.0. The molecule has 1 aliphatic rings. The van der Waals surface area contributed by atoms with Gasteiger partial charge in [-0.05, 0) is 18.5 Å². The maximum Gasteiger partial charge on any atom is 0.255 e. The number of rotatable bonds is 1. The zero-order chi connectivity index (χ0) is 5.49. The fourth-order valence-electron chi connectivity index (χ4n) is 0.222. The van der Waals surface area contributed by atoms with E-state index in [0.29, 0.717) is 6.61 Å². The summed E-state index contributed by atoms with van der Waals surface area (Å²) in [5, 5.41) is -0.396. The number of epoxide rings is 1. The van der Waals surface area contributed by atoms with Gasteiger partial charge in [-0.1, -0.05) is 0 Å². The highest BCUT2D eigenvalue weighted by Gasteiger charge is 2.46. The van der Waals surface area contributed by atoms with E-state index in [1.165, 1.54) is 0 Å². The van der Waals surface area contributed by atoms with Gasteiger partial charge in [0.2, 0.25) is 0 Å². The Hall–Kier alpha value is -0.0800. The summed E-state index contributed by atoms with van der Waals surface area (Å²) in [6, 6.07) is 0. The molecular formula is C4H5ClO2. The van der Waals surface area contributed by atoms with Crippen molar-refractivity contribution in [3.8, 4) is 0 Å². The van der Waals surface area contributed by atoms with Gasteiger partial charge in [0.25, 0.3) is 5.24 Å². The smallest absolute Gasteiger partial charge is 0.255 e. The molecule has 0 saturated carbocycles. The van der Waals surface area contributed by atoms with Crippen LogP contribution in [-0.4, -0.2) is 17.5 Å². The molecule has 0 amide bonds. The lowest BCUT2D eigenvalue weighted by atomic mass is 10.2. The topological polar surface area (TPSA) is 29.6 Å². The first-order valence-electron chi connectivity index (χ1n) is 1.99. The number of carbonyl (C=O) groups is 1. The van der Waals surface area contributed by atoms with Crippen molar-refractivity contribution in [3.05, 3.63) is 0 Å². The molecule has 0 spiro atoms. The summed E-state index contributed by atoms with van der Waals surface area (Å²) in [6.07, 6.45) is 0. The Morgan fingerprint density at radius 3 is 2.43 bits per heavy atom. The summed E-state index contributed by atoms with van der Waals surface area (Å²) in [5.41, 5.74) is -0.623. The SMILES string of the molecule is CC1(C(=O)Cl)CO1. The van der Waals surface area contributed by atoms with E-state index in [4.69, 9.17) is 11.6 Å². The average Bonchev–Trinajstić information content (AvgIpc) is 2.21. The summed E-state index contributed by atoms with van der Waals surface area (Å²) in [5.74, 6) is 0. The van der Waals surface area contributed by atoms with Crippen LogP contribution >= 0.6 is 11.6 Å². The van der Waals surface area contributed by atoms with Crippen molar-refractivity contribution >= 4 is 16.8 Å². The molecule has 1 atom stereocenters. The Kier molecular flexibility index (Phi) is 0.869. The van der Waals surface area contributed by atoms with Crippen molar-refractivity contribution in [2.45, 2.75) is 12.5 Å². The molecule has 1 fully saturated rings. The van der Waals surface area contributed by atoms with Crippen LogP contribution < -0.4 is 0 Å². The molecule has 0 aliphatic carbocycles. The van der Waals surface area contributed by atoms with Crippen molar-refractivity contribution in [1.29, 1.82) is 0 Å². The molecule has 0 radical (unpaired) electrons.